The molecule has 1 fully saturated rings. The van der Waals surface area contributed by atoms with Gasteiger partial charge in [0.2, 0.25) is 0 Å². The van der Waals surface area contributed by atoms with Gasteiger partial charge in [0, 0.05) is 11.1 Å². The first-order valence-electron chi connectivity index (χ1n) is 8.67. The van der Waals surface area contributed by atoms with Crippen LogP contribution >= 0.6 is 22.7 Å². The van der Waals surface area contributed by atoms with Crippen LogP contribution in [0.1, 0.15) is 29.5 Å². The summed E-state index contributed by atoms with van der Waals surface area (Å²) in [5.74, 6) is 0.0502. The second-order valence-electron chi connectivity index (χ2n) is 6.70. The Morgan fingerprint density at radius 1 is 0.889 bits per heavy atom. The molecular formula is C23H17NOS2. The Morgan fingerprint density at radius 3 is 1.89 bits per heavy atom. The van der Waals surface area contributed by atoms with Crippen molar-refractivity contribution in [1.29, 1.82) is 5.26 Å². The number of ketones is 1. The van der Waals surface area contributed by atoms with Crippen LogP contribution in [0.2, 0.25) is 0 Å². The molecule has 0 N–H and O–H groups in total. The predicted octanol–water partition coefficient (Wildman–Crippen LogP) is 6.10. The first-order valence-corrected chi connectivity index (χ1v) is 10.6. The summed E-state index contributed by atoms with van der Waals surface area (Å²) in [6, 6.07) is 16.4. The van der Waals surface area contributed by atoms with Gasteiger partial charge < -0.3 is 0 Å². The summed E-state index contributed by atoms with van der Waals surface area (Å²) in [6.07, 6.45) is 4.75. The molecule has 0 radical (unpaired) electrons. The average molecular weight is 388 g/mol. The minimum atomic E-state index is -0.723. The van der Waals surface area contributed by atoms with Crippen molar-refractivity contribution < 1.29 is 4.79 Å². The second-order valence-corrected chi connectivity index (χ2v) is 8.26. The zero-order valence-electron chi connectivity index (χ0n) is 14.6. The fraction of sp³-hybridized carbons (Fsp3) is 0.130. The van der Waals surface area contributed by atoms with Crippen molar-refractivity contribution in [2.24, 2.45) is 0 Å². The highest BCUT2D eigenvalue weighted by Gasteiger charge is 2.41. The maximum Gasteiger partial charge on any atom is 0.185 e. The first kappa shape index (κ1) is 17.7. The molecule has 0 atom stereocenters. The topological polar surface area (TPSA) is 40.9 Å². The number of nitriles is 1. The fourth-order valence-electron chi connectivity index (χ4n) is 3.53. The van der Waals surface area contributed by atoms with Crippen molar-refractivity contribution in [3.05, 3.63) is 91.8 Å². The Kier molecular flexibility index (Phi) is 4.89. The van der Waals surface area contributed by atoms with E-state index in [1.807, 2.05) is 76.1 Å². The van der Waals surface area contributed by atoms with Crippen molar-refractivity contribution in [2.45, 2.75) is 18.3 Å². The molecule has 0 unspecified atom stereocenters. The number of carbonyl (C=O) groups is 1. The van der Waals surface area contributed by atoms with E-state index < -0.39 is 5.41 Å². The molecule has 0 aliphatic heterocycles. The number of nitrogens with zero attached hydrogens (tertiary/aromatic N) is 1. The van der Waals surface area contributed by atoms with E-state index in [0.717, 1.165) is 16.7 Å². The number of hydrogen-bond donors (Lipinski definition) is 0. The van der Waals surface area contributed by atoms with Crippen molar-refractivity contribution in [2.75, 3.05) is 0 Å². The molecule has 4 heteroatoms. The van der Waals surface area contributed by atoms with E-state index in [1.165, 1.54) is 0 Å². The summed E-state index contributed by atoms with van der Waals surface area (Å²) in [6.45, 7) is 0. The summed E-state index contributed by atoms with van der Waals surface area (Å²) in [4.78, 5) is 13.2. The van der Waals surface area contributed by atoms with Gasteiger partial charge >= 0.3 is 0 Å². The van der Waals surface area contributed by atoms with Gasteiger partial charge in [-0.15, -0.1) is 0 Å². The van der Waals surface area contributed by atoms with Gasteiger partial charge in [-0.25, -0.2) is 0 Å². The van der Waals surface area contributed by atoms with Crippen LogP contribution in [-0.2, 0) is 10.2 Å². The number of rotatable bonds is 3. The number of Topliss-reactive ketones (excluding diaryl/α,β-unsaturated/α-hetero) is 1. The lowest BCUT2D eigenvalue weighted by Crippen LogP contribution is -2.33. The molecule has 2 nitrogen and oxygen atoms in total. The lowest BCUT2D eigenvalue weighted by Gasteiger charge is -2.33. The summed E-state index contributed by atoms with van der Waals surface area (Å²) >= 11 is 3.20. The van der Waals surface area contributed by atoms with E-state index in [0.29, 0.717) is 24.0 Å². The number of hydrogen-bond acceptors (Lipinski definition) is 4. The number of thiophene rings is 2. The Balaban J connectivity index is 1.84. The van der Waals surface area contributed by atoms with Crippen LogP contribution in [0, 0.1) is 11.3 Å². The SMILES string of the molecule is N#CC1(c2ccccc2)CC(=Cc2ccsc2)C(=O)C(=Cc2ccsc2)C1. The van der Waals surface area contributed by atoms with Gasteiger partial charge in [-0.05, 0) is 75.3 Å². The van der Waals surface area contributed by atoms with E-state index >= 15 is 0 Å². The Labute approximate surface area is 166 Å². The second kappa shape index (κ2) is 7.48. The van der Waals surface area contributed by atoms with Crippen LogP contribution in [0.4, 0.5) is 0 Å². The van der Waals surface area contributed by atoms with Gasteiger partial charge in [0.05, 0.1) is 11.5 Å². The third-order valence-corrected chi connectivity index (χ3v) is 6.28. The van der Waals surface area contributed by atoms with E-state index in [1.54, 1.807) is 22.7 Å². The molecule has 0 spiro atoms. The normalized spacial score (nSPS) is 22.9. The maximum atomic E-state index is 13.2. The predicted molar refractivity (Wildman–Crippen MR) is 113 cm³/mol. The van der Waals surface area contributed by atoms with E-state index in [4.69, 9.17) is 0 Å². The number of allylic oxidation sites excluding steroid dienone is 2. The van der Waals surface area contributed by atoms with Crippen LogP contribution in [-0.4, -0.2) is 5.78 Å². The van der Waals surface area contributed by atoms with E-state index in [-0.39, 0.29) is 5.78 Å². The van der Waals surface area contributed by atoms with E-state index in [2.05, 4.69) is 6.07 Å². The molecule has 2 aromatic heterocycles. The lowest BCUT2D eigenvalue weighted by atomic mass is 9.66. The monoisotopic (exact) mass is 387 g/mol. The third-order valence-electron chi connectivity index (χ3n) is 4.88. The molecule has 27 heavy (non-hydrogen) atoms. The smallest absolute Gasteiger partial charge is 0.185 e. The summed E-state index contributed by atoms with van der Waals surface area (Å²) in [5.41, 5.74) is 3.67. The molecule has 3 aromatic rings. The average Bonchev–Trinajstić information content (AvgIpc) is 3.40. The molecule has 1 aromatic carbocycles. The molecule has 0 bridgehead atoms. The van der Waals surface area contributed by atoms with Gasteiger partial charge in [-0.1, -0.05) is 30.3 Å². The number of benzene rings is 1. The molecular weight excluding hydrogens is 370 g/mol. The van der Waals surface area contributed by atoms with Crippen molar-refractivity contribution in [1.82, 2.24) is 0 Å². The molecule has 1 aliphatic carbocycles. The fourth-order valence-corrected chi connectivity index (χ4v) is 4.77. The highest BCUT2D eigenvalue weighted by molar-refractivity contribution is 7.08. The highest BCUT2D eigenvalue weighted by atomic mass is 32.1. The maximum absolute atomic E-state index is 13.2. The zero-order chi connectivity index (χ0) is 18.7. The molecule has 132 valence electrons. The summed E-state index contributed by atoms with van der Waals surface area (Å²) in [7, 11) is 0. The van der Waals surface area contributed by atoms with Gasteiger partial charge in [0.15, 0.2) is 5.78 Å². The highest BCUT2D eigenvalue weighted by Crippen LogP contribution is 2.43. The quantitative estimate of drug-likeness (QED) is 0.509. The lowest BCUT2D eigenvalue weighted by molar-refractivity contribution is -0.113. The minimum absolute atomic E-state index is 0.0502. The van der Waals surface area contributed by atoms with Crippen molar-refractivity contribution in [3.8, 4) is 6.07 Å². The van der Waals surface area contributed by atoms with Crippen molar-refractivity contribution in [3.63, 3.8) is 0 Å². The molecule has 1 aliphatic rings. The largest absolute Gasteiger partial charge is 0.289 e. The van der Waals surface area contributed by atoms with Crippen molar-refractivity contribution >= 4 is 40.6 Å². The van der Waals surface area contributed by atoms with Gasteiger partial charge in [-0.2, -0.15) is 27.9 Å². The zero-order valence-corrected chi connectivity index (χ0v) is 16.2. The van der Waals surface area contributed by atoms with Gasteiger partial charge in [-0.3, -0.25) is 4.79 Å². The summed E-state index contributed by atoms with van der Waals surface area (Å²) < 4.78 is 0. The molecule has 0 amide bonds. The minimum Gasteiger partial charge on any atom is -0.289 e. The molecule has 4 rings (SSSR count). The van der Waals surface area contributed by atoms with Gasteiger partial charge in [0.1, 0.15) is 0 Å². The first-order chi connectivity index (χ1) is 13.2. The van der Waals surface area contributed by atoms with Crippen LogP contribution in [0.5, 0.6) is 0 Å². The van der Waals surface area contributed by atoms with Crippen LogP contribution < -0.4 is 0 Å². The molecule has 2 heterocycles. The standard InChI is InChI=1S/C23H17NOS2/c24-16-23(21-4-2-1-3-5-21)12-19(10-17-6-8-26-14-17)22(25)20(13-23)11-18-7-9-27-15-18/h1-11,14-15H,12-13H2. The van der Waals surface area contributed by atoms with Crippen LogP contribution in [0.3, 0.4) is 0 Å². The van der Waals surface area contributed by atoms with Crippen LogP contribution in [0.15, 0.2) is 75.1 Å². The van der Waals surface area contributed by atoms with Crippen LogP contribution in [0.25, 0.3) is 12.2 Å². The third kappa shape index (κ3) is 3.57. The van der Waals surface area contributed by atoms with E-state index in [9.17, 15) is 10.1 Å². The van der Waals surface area contributed by atoms with Gasteiger partial charge in [0.25, 0.3) is 0 Å². The Hall–Kier alpha value is -2.74. The Morgan fingerprint density at radius 2 is 1.44 bits per heavy atom. The number of carbonyl (C=O) groups excluding carboxylic acids is 1. The molecule has 1 saturated carbocycles. The molecule has 0 saturated heterocycles. The summed E-state index contributed by atoms with van der Waals surface area (Å²) in [5, 5.41) is 18.2. The Bertz CT molecular complexity index is 980.